The zero-order chi connectivity index (χ0) is 11.2. The van der Waals surface area contributed by atoms with E-state index in [0.29, 0.717) is 0 Å². The Bertz CT molecular complexity index is 523. The summed E-state index contributed by atoms with van der Waals surface area (Å²) in [5.74, 6) is 1.12. The molecule has 1 aliphatic rings. The van der Waals surface area contributed by atoms with Crippen molar-refractivity contribution in [3.8, 4) is 0 Å². The summed E-state index contributed by atoms with van der Waals surface area (Å²) in [5.41, 5.74) is 2.16. The number of aromatic nitrogens is 3. The molecule has 0 aromatic carbocycles. The lowest BCUT2D eigenvalue weighted by molar-refractivity contribution is 0.397. The summed E-state index contributed by atoms with van der Waals surface area (Å²) in [7, 11) is 2.08. The molecule has 84 valence electrons. The Morgan fingerprint density at radius 3 is 3.06 bits per heavy atom. The molecule has 16 heavy (non-hydrogen) atoms. The van der Waals surface area contributed by atoms with Crippen LogP contribution in [0.2, 0.25) is 0 Å². The summed E-state index contributed by atoms with van der Waals surface area (Å²) in [6.07, 6.45) is 6.02. The Labute approximate surface area is 94.7 Å². The fourth-order valence-corrected chi connectivity index (χ4v) is 2.63. The van der Waals surface area contributed by atoms with Gasteiger partial charge in [-0.1, -0.05) is 0 Å². The van der Waals surface area contributed by atoms with Crippen LogP contribution in [0.5, 0.6) is 0 Å². The van der Waals surface area contributed by atoms with Crippen LogP contribution in [0.15, 0.2) is 18.5 Å². The van der Waals surface area contributed by atoms with E-state index in [9.17, 15) is 0 Å². The van der Waals surface area contributed by atoms with E-state index in [1.165, 1.54) is 6.42 Å². The van der Waals surface area contributed by atoms with E-state index in [0.717, 1.165) is 29.8 Å². The maximum atomic E-state index is 4.70. The summed E-state index contributed by atoms with van der Waals surface area (Å²) in [6, 6.07) is 2.02. The van der Waals surface area contributed by atoms with Crippen molar-refractivity contribution in [2.75, 3.05) is 6.54 Å². The molecule has 0 radical (unpaired) electrons. The Morgan fingerprint density at radius 2 is 2.38 bits per heavy atom. The summed E-state index contributed by atoms with van der Waals surface area (Å²) in [5, 5.41) is 3.55. The number of hydrogen-bond acceptors (Lipinski definition) is 3. The Hall–Kier alpha value is -1.42. The minimum atomic E-state index is 0.0216. The first-order valence-corrected chi connectivity index (χ1v) is 5.73. The highest BCUT2D eigenvalue weighted by Crippen LogP contribution is 2.30. The molecule has 2 aromatic rings. The van der Waals surface area contributed by atoms with Crippen molar-refractivity contribution in [3.63, 3.8) is 0 Å². The Balaban J connectivity index is 2.20. The number of fused-ring (bicyclic) bond motifs is 1. The molecule has 4 nitrogen and oxygen atoms in total. The van der Waals surface area contributed by atoms with Gasteiger partial charge in [-0.25, -0.2) is 4.98 Å². The van der Waals surface area contributed by atoms with E-state index < -0.39 is 0 Å². The number of hydrogen-bond donors (Lipinski definition) is 1. The summed E-state index contributed by atoms with van der Waals surface area (Å²) in [4.78, 5) is 8.82. The van der Waals surface area contributed by atoms with Crippen molar-refractivity contribution in [2.24, 2.45) is 7.05 Å². The number of aryl methyl sites for hydroxylation is 1. The molecular weight excluding hydrogens is 200 g/mol. The van der Waals surface area contributed by atoms with Crippen LogP contribution >= 0.6 is 0 Å². The van der Waals surface area contributed by atoms with Crippen LogP contribution in [-0.2, 0) is 12.6 Å². The first-order valence-electron chi connectivity index (χ1n) is 5.73. The maximum absolute atomic E-state index is 4.70. The lowest BCUT2D eigenvalue weighted by Gasteiger charge is -2.23. The molecule has 2 aromatic heterocycles. The molecule has 4 heteroatoms. The molecule has 1 saturated heterocycles. The van der Waals surface area contributed by atoms with E-state index in [1.54, 1.807) is 0 Å². The smallest absolute Gasteiger partial charge is 0.129 e. The lowest BCUT2D eigenvalue weighted by Crippen LogP contribution is -2.35. The van der Waals surface area contributed by atoms with Gasteiger partial charge >= 0.3 is 0 Å². The monoisotopic (exact) mass is 216 g/mol. The van der Waals surface area contributed by atoms with Crippen LogP contribution in [0.4, 0.5) is 0 Å². The van der Waals surface area contributed by atoms with Crippen molar-refractivity contribution in [1.29, 1.82) is 0 Å². The summed E-state index contributed by atoms with van der Waals surface area (Å²) < 4.78 is 2.18. The minimum Gasteiger partial charge on any atom is -0.329 e. The van der Waals surface area contributed by atoms with Crippen LogP contribution in [0.3, 0.4) is 0 Å². The summed E-state index contributed by atoms with van der Waals surface area (Å²) >= 11 is 0. The molecule has 1 fully saturated rings. The normalized spacial score (nSPS) is 25.4. The van der Waals surface area contributed by atoms with Crippen LogP contribution < -0.4 is 5.32 Å². The predicted molar refractivity (Wildman–Crippen MR) is 63.1 cm³/mol. The maximum Gasteiger partial charge on any atom is 0.129 e. The van der Waals surface area contributed by atoms with E-state index in [1.807, 2.05) is 18.5 Å². The van der Waals surface area contributed by atoms with Gasteiger partial charge in [0.2, 0.25) is 0 Å². The third-order valence-corrected chi connectivity index (χ3v) is 3.55. The molecule has 1 atom stereocenters. The quantitative estimate of drug-likeness (QED) is 0.786. The molecule has 0 saturated carbocycles. The second-order valence-corrected chi connectivity index (χ2v) is 4.72. The average Bonchev–Trinajstić information content (AvgIpc) is 2.86. The highest BCUT2D eigenvalue weighted by atomic mass is 15.1. The lowest BCUT2D eigenvalue weighted by atomic mass is 9.99. The predicted octanol–water partition coefficient (Wildman–Crippen LogP) is 1.57. The van der Waals surface area contributed by atoms with Crippen LogP contribution in [0.25, 0.3) is 11.0 Å². The molecular formula is C12H16N4. The molecule has 0 amide bonds. The second kappa shape index (κ2) is 3.28. The molecule has 3 rings (SSSR count). The van der Waals surface area contributed by atoms with Crippen molar-refractivity contribution in [1.82, 2.24) is 19.9 Å². The van der Waals surface area contributed by atoms with Gasteiger partial charge in [-0.15, -0.1) is 0 Å². The van der Waals surface area contributed by atoms with E-state index >= 15 is 0 Å². The zero-order valence-electron chi connectivity index (χ0n) is 9.70. The molecule has 3 heterocycles. The van der Waals surface area contributed by atoms with Gasteiger partial charge in [0.25, 0.3) is 0 Å². The van der Waals surface area contributed by atoms with Gasteiger partial charge in [-0.2, -0.15) is 0 Å². The Morgan fingerprint density at radius 1 is 1.50 bits per heavy atom. The minimum absolute atomic E-state index is 0.0216. The Kier molecular flexibility index (Phi) is 2.01. The molecule has 1 N–H and O–H groups in total. The van der Waals surface area contributed by atoms with Gasteiger partial charge in [0.1, 0.15) is 11.3 Å². The van der Waals surface area contributed by atoms with E-state index in [-0.39, 0.29) is 5.54 Å². The fraction of sp³-hybridized carbons (Fsp3) is 0.500. The number of nitrogens with zero attached hydrogens (tertiary/aromatic N) is 3. The first-order chi connectivity index (χ1) is 7.71. The second-order valence-electron chi connectivity index (χ2n) is 4.72. The van der Waals surface area contributed by atoms with Crippen molar-refractivity contribution in [2.45, 2.75) is 25.3 Å². The third kappa shape index (κ3) is 1.26. The number of nitrogens with one attached hydrogen (secondary N) is 1. The topological polar surface area (TPSA) is 42.7 Å². The fourth-order valence-electron chi connectivity index (χ4n) is 2.63. The van der Waals surface area contributed by atoms with Gasteiger partial charge in [-0.05, 0) is 32.4 Å². The van der Waals surface area contributed by atoms with Gasteiger partial charge in [-0.3, -0.25) is 4.98 Å². The molecule has 0 bridgehead atoms. The SMILES string of the molecule is Cn1c(C2(C)CCCN2)nc2cnccc21. The highest BCUT2D eigenvalue weighted by Gasteiger charge is 2.34. The van der Waals surface area contributed by atoms with Crippen molar-refractivity contribution >= 4 is 11.0 Å². The standard InChI is InChI=1S/C12H16N4/c1-12(5-3-6-14-12)11-15-9-8-13-7-4-10(9)16(11)2/h4,7-8,14H,3,5-6H2,1-2H3. The van der Waals surface area contributed by atoms with E-state index in [4.69, 9.17) is 4.98 Å². The van der Waals surface area contributed by atoms with Gasteiger partial charge in [0.15, 0.2) is 0 Å². The van der Waals surface area contributed by atoms with Crippen LogP contribution in [0, 0.1) is 0 Å². The van der Waals surface area contributed by atoms with Gasteiger partial charge in [0, 0.05) is 13.2 Å². The van der Waals surface area contributed by atoms with Gasteiger partial charge in [0.05, 0.1) is 17.3 Å². The molecule has 1 unspecified atom stereocenters. The molecule has 0 spiro atoms. The van der Waals surface area contributed by atoms with Crippen molar-refractivity contribution in [3.05, 3.63) is 24.3 Å². The third-order valence-electron chi connectivity index (χ3n) is 3.55. The summed E-state index contributed by atoms with van der Waals surface area (Å²) in [6.45, 7) is 3.31. The van der Waals surface area contributed by atoms with Crippen molar-refractivity contribution < 1.29 is 0 Å². The number of pyridine rings is 1. The molecule has 1 aliphatic heterocycles. The molecule has 0 aliphatic carbocycles. The van der Waals surface area contributed by atoms with Crippen LogP contribution in [-0.4, -0.2) is 21.1 Å². The van der Waals surface area contributed by atoms with Crippen LogP contribution in [0.1, 0.15) is 25.6 Å². The van der Waals surface area contributed by atoms with Gasteiger partial charge < -0.3 is 9.88 Å². The highest BCUT2D eigenvalue weighted by molar-refractivity contribution is 5.74. The zero-order valence-corrected chi connectivity index (χ0v) is 9.70. The largest absolute Gasteiger partial charge is 0.329 e. The number of imidazole rings is 1. The average molecular weight is 216 g/mol. The number of rotatable bonds is 1. The van der Waals surface area contributed by atoms with E-state index in [2.05, 4.69) is 28.8 Å². The first kappa shape index (κ1) is 9.78.